The molecule has 0 fully saturated rings. The molecule has 1 amide bonds. The van der Waals surface area contributed by atoms with Crippen LogP contribution >= 0.6 is 0 Å². The summed E-state index contributed by atoms with van der Waals surface area (Å²) in [5.41, 5.74) is 5.33. The maximum atomic E-state index is 11.0. The SMILES string of the molecule is CC(CCCO)Nc1ccc(C(N)=O)cc1[N+](=O)[O-]. The summed E-state index contributed by atoms with van der Waals surface area (Å²) >= 11 is 0. The normalized spacial score (nSPS) is 11.9. The highest BCUT2D eigenvalue weighted by Crippen LogP contribution is 2.26. The Labute approximate surface area is 110 Å². The lowest BCUT2D eigenvalue weighted by atomic mass is 10.1. The smallest absolute Gasteiger partial charge is 0.293 e. The first kappa shape index (κ1) is 14.9. The van der Waals surface area contributed by atoms with E-state index >= 15 is 0 Å². The molecule has 1 unspecified atom stereocenters. The van der Waals surface area contributed by atoms with Gasteiger partial charge in [-0.25, -0.2) is 0 Å². The molecule has 104 valence electrons. The van der Waals surface area contributed by atoms with Gasteiger partial charge < -0.3 is 16.2 Å². The molecule has 0 saturated heterocycles. The third-order valence-electron chi connectivity index (χ3n) is 2.68. The van der Waals surface area contributed by atoms with Gasteiger partial charge in [-0.15, -0.1) is 0 Å². The summed E-state index contributed by atoms with van der Waals surface area (Å²) in [6, 6.07) is 4.04. The molecule has 7 nitrogen and oxygen atoms in total. The van der Waals surface area contributed by atoms with Gasteiger partial charge in [-0.2, -0.15) is 0 Å². The van der Waals surface area contributed by atoms with Gasteiger partial charge in [0.15, 0.2) is 0 Å². The Morgan fingerprint density at radius 3 is 2.79 bits per heavy atom. The minimum Gasteiger partial charge on any atom is -0.396 e. The highest BCUT2D eigenvalue weighted by Gasteiger charge is 2.17. The number of hydrogen-bond acceptors (Lipinski definition) is 5. The molecule has 0 spiro atoms. The van der Waals surface area contributed by atoms with Crippen molar-refractivity contribution in [2.24, 2.45) is 5.73 Å². The number of benzene rings is 1. The number of hydrogen-bond donors (Lipinski definition) is 3. The van der Waals surface area contributed by atoms with E-state index < -0.39 is 10.8 Å². The summed E-state index contributed by atoms with van der Waals surface area (Å²) in [5, 5.41) is 22.7. The average molecular weight is 267 g/mol. The minimum absolute atomic E-state index is 0.0229. The number of aliphatic hydroxyl groups excluding tert-OH is 1. The second-order valence-corrected chi connectivity index (χ2v) is 4.26. The van der Waals surface area contributed by atoms with Crippen LogP contribution in [0.5, 0.6) is 0 Å². The number of carbonyl (C=O) groups excluding carboxylic acids is 1. The molecule has 1 aromatic rings. The summed E-state index contributed by atoms with van der Waals surface area (Å²) in [7, 11) is 0. The molecule has 4 N–H and O–H groups in total. The highest BCUT2D eigenvalue weighted by molar-refractivity contribution is 5.94. The maximum absolute atomic E-state index is 11.0. The molecule has 0 aliphatic heterocycles. The van der Waals surface area contributed by atoms with E-state index in [1.54, 1.807) is 0 Å². The van der Waals surface area contributed by atoms with Crippen LogP contribution < -0.4 is 11.1 Å². The molecular formula is C12H17N3O4. The Kier molecular flexibility index (Phi) is 5.25. The van der Waals surface area contributed by atoms with Crippen molar-refractivity contribution in [3.05, 3.63) is 33.9 Å². The monoisotopic (exact) mass is 267 g/mol. The van der Waals surface area contributed by atoms with Gasteiger partial charge in [0, 0.05) is 24.3 Å². The van der Waals surface area contributed by atoms with Crippen LogP contribution in [0.3, 0.4) is 0 Å². The predicted molar refractivity (Wildman–Crippen MR) is 71.0 cm³/mol. The highest BCUT2D eigenvalue weighted by atomic mass is 16.6. The van der Waals surface area contributed by atoms with Gasteiger partial charge in [0.25, 0.3) is 5.69 Å². The van der Waals surface area contributed by atoms with Crippen molar-refractivity contribution in [2.45, 2.75) is 25.8 Å². The molecule has 0 heterocycles. The Hall–Kier alpha value is -2.15. The lowest BCUT2D eigenvalue weighted by molar-refractivity contribution is -0.384. The number of nitrogens with two attached hydrogens (primary N) is 1. The molecule has 1 rings (SSSR count). The van der Waals surface area contributed by atoms with Crippen LogP contribution in [0.4, 0.5) is 11.4 Å². The second kappa shape index (κ2) is 6.69. The first-order valence-electron chi connectivity index (χ1n) is 5.91. The van der Waals surface area contributed by atoms with Gasteiger partial charge >= 0.3 is 0 Å². The fourth-order valence-electron chi connectivity index (χ4n) is 1.69. The van der Waals surface area contributed by atoms with Crippen LogP contribution in [0, 0.1) is 10.1 Å². The molecule has 1 atom stereocenters. The molecule has 7 heteroatoms. The fraction of sp³-hybridized carbons (Fsp3) is 0.417. The van der Waals surface area contributed by atoms with Gasteiger partial charge in [0.1, 0.15) is 5.69 Å². The number of nitrogens with one attached hydrogen (secondary N) is 1. The molecule has 0 aliphatic rings. The van der Waals surface area contributed by atoms with Crippen molar-refractivity contribution in [2.75, 3.05) is 11.9 Å². The van der Waals surface area contributed by atoms with Crippen molar-refractivity contribution in [3.63, 3.8) is 0 Å². The van der Waals surface area contributed by atoms with E-state index in [1.807, 2.05) is 6.92 Å². The van der Waals surface area contributed by atoms with Gasteiger partial charge in [-0.05, 0) is 31.9 Å². The molecule has 0 aliphatic carbocycles. The molecule has 0 radical (unpaired) electrons. The van der Waals surface area contributed by atoms with E-state index in [0.29, 0.717) is 18.5 Å². The minimum atomic E-state index is -0.706. The van der Waals surface area contributed by atoms with Crippen molar-refractivity contribution >= 4 is 17.3 Å². The number of amides is 1. The zero-order valence-electron chi connectivity index (χ0n) is 10.6. The van der Waals surface area contributed by atoms with E-state index in [-0.39, 0.29) is 23.9 Å². The standard InChI is InChI=1S/C12H17N3O4/c1-8(3-2-6-16)14-10-5-4-9(12(13)17)7-11(10)15(18)19/h4-5,7-8,14,16H,2-3,6H2,1H3,(H2,13,17). The zero-order valence-corrected chi connectivity index (χ0v) is 10.6. The molecule has 0 saturated carbocycles. The van der Waals surface area contributed by atoms with Gasteiger partial charge in [0.2, 0.25) is 5.91 Å². The van der Waals surface area contributed by atoms with Crippen LogP contribution in [-0.4, -0.2) is 28.6 Å². The Bertz CT molecular complexity index is 476. The van der Waals surface area contributed by atoms with Gasteiger partial charge in [-0.1, -0.05) is 0 Å². The first-order chi connectivity index (χ1) is 8.95. The summed E-state index contributed by atoms with van der Waals surface area (Å²) in [5.74, 6) is -0.706. The van der Waals surface area contributed by atoms with Gasteiger partial charge in [-0.3, -0.25) is 14.9 Å². The lowest BCUT2D eigenvalue weighted by Gasteiger charge is -2.14. The number of rotatable bonds is 7. The number of primary amides is 1. The van der Waals surface area contributed by atoms with Crippen LogP contribution in [0.2, 0.25) is 0 Å². The Morgan fingerprint density at radius 2 is 2.26 bits per heavy atom. The number of anilines is 1. The largest absolute Gasteiger partial charge is 0.396 e. The number of nitrogens with zero attached hydrogens (tertiary/aromatic N) is 1. The van der Waals surface area contributed by atoms with Crippen molar-refractivity contribution in [3.8, 4) is 0 Å². The zero-order chi connectivity index (χ0) is 14.4. The van der Waals surface area contributed by atoms with Crippen LogP contribution in [-0.2, 0) is 0 Å². The van der Waals surface area contributed by atoms with E-state index in [2.05, 4.69) is 5.32 Å². The molecule has 0 aromatic heterocycles. The lowest BCUT2D eigenvalue weighted by Crippen LogP contribution is -2.17. The number of nitro groups is 1. The number of nitro benzene ring substituents is 1. The summed E-state index contributed by atoms with van der Waals surface area (Å²) in [6.45, 7) is 1.94. The van der Waals surface area contributed by atoms with Gasteiger partial charge in [0.05, 0.1) is 4.92 Å². The molecular weight excluding hydrogens is 250 g/mol. The van der Waals surface area contributed by atoms with Crippen molar-refractivity contribution < 1.29 is 14.8 Å². The third kappa shape index (κ3) is 4.22. The van der Waals surface area contributed by atoms with Crippen LogP contribution in [0.1, 0.15) is 30.1 Å². The second-order valence-electron chi connectivity index (χ2n) is 4.26. The van der Waals surface area contributed by atoms with Crippen LogP contribution in [0.15, 0.2) is 18.2 Å². The molecule has 1 aromatic carbocycles. The number of aliphatic hydroxyl groups is 1. The van der Waals surface area contributed by atoms with E-state index in [9.17, 15) is 14.9 Å². The topological polar surface area (TPSA) is 118 Å². The summed E-state index contributed by atoms with van der Waals surface area (Å²) in [6.07, 6.45) is 1.30. The maximum Gasteiger partial charge on any atom is 0.293 e. The molecule has 0 bridgehead atoms. The number of carbonyl (C=O) groups is 1. The van der Waals surface area contributed by atoms with E-state index in [1.165, 1.54) is 12.1 Å². The summed E-state index contributed by atoms with van der Waals surface area (Å²) in [4.78, 5) is 21.4. The van der Waals surface area contributed by atoms with Crippen molar-refractivity contribution in [1.82, 2.24) is 0 Å². The summed E-state index contributed by atoms with van der Waals surface area (Å²) < 4.78 is 0. The van der Waals surface area contributed by atoms with Crippen LogP contribution in [0.25, 0.3) is 0 Å². The first-order valence-corrected chi connectivity index (χ1v) is 5.91. The van der Waals surface area contributed by atoms with E-state index in [4.69, 9.17) is 10.8 Å². The Balaban J connectivity index is 2.94. The Morgan fingerprint density at radius 1 is 1.58 bits per heavy atom. The predicted octanol–water partition coefficient (Wildman–Crippen LogP) is 1.27. The third-order valence-corrected chi connectivity index (χ3v) is 2.68. The molecule has 19 heavy (non-hydrogen) atoms. The average Bonchev–Trinajstić information content (AvgIpc) is 2.36. The van der Waals surface area contributed by atoms with Crippen molar-refractivity contribution in [1.29, 1.82) is 0 Å². The fourth-order valence-corrected chi connectivity index (χ4v) is 1.69. The van der Waals surface area contributed by atoms with E-state index in [0.717, 1.165) is 6.07 Å². The quantitative estimate of drug-likeness (QED) is 0.507.